The van der Waals surface area contributed by atoms with Crippen LogP contribution in [0.2, 0.25) is 0 Å². The Hall–Kier alpha value is -0.0800. The van der Waals surface area contributed by atoms with E-state index in [9.17, 15) is 0 Å². The normalized spacial score (nSPS) is 20.5. The van der Waals surface area contributed by atoms with E-state index in [1.165, 1.54) is 32.1 Å². The molecule has 1 fully saturated rings. The molecule has 0 aromatic carbocycles. The van der Waals surface area contributed by atoms with Crippen LogP contribution in [0.4, 0.5) is 0 Å². The molecule has 0 aromatic heterocycles. The topological polar surface area (TPSA) is 24.1 Å². The molecule has 1 aliphatic carbocycles. The summed E-state index contributed by atoms with van der Waals surface area (Å²) in [5.74, 6) is 0. The lowest BCUT2D eigenvalue weighted by Gasteiger charge is -2.22. The number of hydrogen-bond acceptors (Lipinski definition) is 2. The van der Waals surface area contributed by atoms with Crippen molar-refractivity contribution in [2.75, 3.05) is 13.2 Å². The predicted molar refractivity (Wildman–Crippen MR) is 48.6 cm³/mol. The third kappa shape index (κ3) is 3.73. The molecule has 0 amide bonds. The van der Waals surface area contributed by atoms with Crippen LogP contribution in [0.5, 0.6) is 0 Å². The summed E-state index contributed by atoms with van der Waals surface area (Å²) >= 11 is 0. The Morgan fingerprint density at radius 2 is 1.91 bits per heavy atom. The van der Waals surface area contributed by atoms with E-state index in [1.54, 1.807) is 0 Å². The zero-order valence-corrected chi connectivity index (χ0v) is 7.53. The minimum Gasteiger partial charge on any atom is -0.305 e. The van der Waals surface area contributed by atoms with Gasteiger partial charge < -0.3 is 10.6 Å². The Balaban J connectivity index is 1.96. The number of rotatable bonds is 4. The standard InChI is InChI=1S/C9H20N2/c1-2-10-8-11-9-6-4-3-5-7-9/h9-11H,2-8H2,1H3. The molecule has 0 aliphatic heterocycles. The van der Waals surface area contributed by atoms with Crippen molar-refractivity contribution in [3.63, 3.8) is 0 Å². The van der Waals surface area contributed by atoms with Crippen molar-refractivity contribution >= 4 is 0 Å². The zero-order valence-electron chi connectivity index (χ0n) is 7.53. The maximum atomic E-state index is 3.51. The summed E-state index contributed by atoms with van der Waals surface area (Å²) in [4.78, 5) is 0. The van der Waals surface area contributed by atoms with Gasteiger partial charge in [0.15, 0.2) is 0 Å². The van der Waals surface area contributed by atoms with Crippen LogP contribution in [0.25, 0.3) is 0 Å². The highest BCUT2D eigenvalue weighted by molar-refractivity contribution is 4.70. The van der Waals surface area contributed by atoms with Gasteiger partial charge in [0.25, 0.3) is 0 Å². The lowest BCUT2D eigenvalue weighted by atomic mass is 9.96. The Morgan fingerprint density at radius 1 is 1.18 bits per heavy atom. The molecule has 0 atom stereocenters. The average Bonchev–Trinajstić information content (AvgIpc) is 2.07. The lowest BCUT2D eigenvalue weighted by Crippen LogP contribution is -2.38. The van der Waals surface area contributed by atoms with Crippen LogP contribution in [0.3, 0.4) is 0 Å². The van der Waals surface area contributed by atoms with Gasteiger partial charge in [-0.2, -0.15) is 0 Å². The van der Waals surface area contributed by atoms with Crippen molar-refractivity contribution in [2.24, 2.45) is 0 Å². The predicted octanol–water partition coefficient (Wildman–Crippen LogP) is 1.48. The summed E-state index contributed by atoms with van der Waals surface area (Å²) in [7, 11) is 0. The molecular formula is C9H20N2. The van der Waals surface area contributed by atoms with Gasteiger partial charge in [0.05, 0.1) is 0 Å². The van der Waals surface area contributed by atoms with E-state index in [0.717, 1.165) is 19.3 Å². The minimum absolute atomic E-state index is 0.794. The Kier molecular flexibility index (Phi) is 4.55. The smallest absolute Gasteiger partial charge is 0.0456 e. The second kappa shape index (κ2) is 5.56. The Bertz CT molecular complexity index is 87.6. The number of hydrogen-bond donors (Lipinski definition) is 2. The molecule has 0 heterocycles. The van der Waals surface area contributed by atoms with Crippen LogP contribution in [-0.4, -0.2) is 19.3 Å². The summed E-state index contributed by atoms with van der Waals surface area (Å²) in [5.41, 5.74) is 0. The molecule has 0 radical (unpaired) electrons. The number of nitrogens with one attached hydrogen (secondary N) is 2. The molecule has 0 aromatic rings. The molecule has 0 saturated heterocycles. The minimum atomic E-state index is 0.794. The molecule has 2 N–H and O–H groups in total. The highest BCUT2D eigenvalue weighted by atomic mass is 15.1. The summed E-state index contributed by atoms with van der Waals surface area (Å²) in [6.45, 7) is 4.20. The van der Waals surface area contributed by atoms with Crippen molar-refractivity contribution in [2.45, 2.75) is 45.1 Å². The summed E-state index contributed by atoms with van der Waals surface area (Å²) in [6.07, 6.45) is 7.05. The van der Waals surface area contributed by atoms with Gasteiger partial charge in [-0.3, -0.25) is 0 Å². The molecule has 11 heavy (non-hydrogen) atoms. The Morgan fingerprint density at radius 3 is 2.55 bits per heavy atom. The molecule has 1 saturated carbocycles. The Labute approximate surface area is 69.8 Å². The fraction of sp³-hybridized carbons (Fsp3) is 1.00. The first-order valence-electron chi connectivity index (χ1n) is 4.87. The average molecular weight is 156 g/mol. The van der Waals surface area contributed by atoms with Gasteiger partial charge in [-0.1, -0.05) is 26.2 Å². The van der Waals surface area contributed by atoms with Gasteiger partial charge in [0.2, 0.25) is 0 Å². The van der Waals surface area contributed by atoms with E-state index in [2.05, 4.69) is 17.6 Å². The zero-order chi connectivity index (χ0) is 7.94. The molecule has 0 spiro atoms. The molecule has 0 unspecified atom stereocenters. The maximum absolute atomic E-state index is 3.51. The molecule has 2 heteroatoms. The van der Waals surface area contributed by atoms with Crippen molar-refractivity contribution in [3.8, 4) is 0 Å². The second-order valence-electron chi connectivity index (χ2n) is 3.32. The van der Waals surface area contributed by atoms with Crippen molar-refractivity contribution < 1.29 is 0 Å². The fourth-order valence-corrected chi connectivity index (χ4v) is 1.65. The van der Waals surface area contributed by atoms with Crippen molar-refractivity contribution in [1.29, 1.82) is 0 Å². The SMILES string of the molecule is CCNCNC1CCCCC1. The van der Waals surface area contributed by atoms with Crippen LogP contribution in [-0.2, 0) is 0 Å². The van der Waals surface area contributed by atoms with E-state index in [-0.39, 0.29) is 0 Å². The van der Waals surface area contributed by atoms with Crippen molar-refractivity contribution in [1.82, 2.24) is 10.6 Å². The highest BCUT2D eigenvalue weighted by Crippen LogP contribution is 2.16. The largest absolute Gasteiger partial charge is 0.305 e. The molecule has 2 nitrogen and oxygen atoms in total. The third-order valence-corrected chi connectivity index (χ3v) is 2.37. The molecule has 1 aliphatic rings. The van der Waals surface area contributed by atoms with Crippen LogP contribution in [0.15, 0.2) is 0 Å². The molecule has 1 rings (SSSR count). The van der Waals surface area contributed by atoms with Crippen LogP contribution < -0.4 is 10.6 Å². The fourth-order valence-electron chi connectivity index (χ4n) is 1.65. The van der Waals surface area contributed by atoms with E-state index in [0.29, 0.717) is 0 Å². The van der Waals surface area contributed by atoms with E-state index >= 15 is 0 Å². The molecule has 66 valence electrons. The maximum Gasteiger partial charge on any atom is 0.0456 e. The first-order chi connectivity index (χ1) is 5.43. The van der Waals surface area contributed by atoms with Gasteiger partial charge in [-0.15, -0.1) is 0 Å². The summed E-state index contributed by atoms with van der Waals surface area (Å²) in [5, 5.41) is 6.80. The monoisotopic (exact) mass is 156 g/mol. The van der Waals surface area contributed by atoms with Gasteiger partial charge in [-0.05, 0) is 19.4 Å². The summed E-state index contributed by atoms with van der Waals surface area (Å²) < 4.78 is 0. The van der Waals surface area contributed by atoms with Crippen LogP contribution in [0.1, 0.15) is 39.0 Å². The highest BCUT2D eigenvalue weighted by Gasteiger charge is 2.11. The lowest BCUT2D eigenvalue weighted by molar-refractivity contribution is 0.365. The first kappa shape index (κ1) is 9.01. The van der Waals surface area contributed by atoms with Crippen LogP contribution >= 0.6 is 0 Å². The molecule has 0 bridgehead atoms. The van der Waals surface area contributed by atoms with E-state index < -0.39 is 0 Å². The van der Waals surface area contributed by atoms with E-state index in [4.69, 9.17) is 0 Å². The second-order valence-corrected chi connectivity index (χ2v) is 3.32. The molecular weight excluding hydrogens is 136 g/mol. The van der Waals surface area contributed by atoms with Crippen molar-refractivity contribution in [3.05, 3.63) is 0 Å². The quantitative estimate of drug-likeness (QED) is 0.476. The van der Waals surface area contributed by atoms with Gasteiger partial charge in [0.1, 0.15) is 0 Å². The van der Waals surface area contributed by atoms with Gasteiger partial charge in [0, 0.05) is 12.7 Å². The third-order valence-electron chi connectivity index (χ3n) is 2.37. The van der Waals surface area contributed by atoms with Crippen LogP contribution in [0, 0.1) is 0 Å². The summed E-state index contributed by atoms with van der Waals surface area (Å²) in [6, 6.07) is 0.794. The first-order valence-corrected chi connectivity index (χ1v) is 4.87. The van der Waals surface area contributed by atoms with E-state index in [1.807, 2.05) is 0 Å². The van der Waals surface area contributed by atoms with Gasteiger partial charge in [-0.25, -0.2) is 0 Å². The van der Waals surface area contributed by atoms with Gasteiger partial charge >= 0.3 is 0 Å².